The molecule has 1 unspecified atom stereocenters. The molecule has 18 heavy (non-hydrogen) atoms. The maximum absolute atomic E-state index is 13.1. The first-order chi connectivity index (χ1) is 8.52. The fourth-order valence-corrected chi connectivity index (χ4v) is 2.76. The van der Waals surface area contributed by atoms with Crippen LogP contribution in [-0.2, 0) is 13.5 Å². The third kappa shape index (κ3) is 3.07. The van der Waals surface area contributed by atoms with Crippen LogP contribution >= 0.6 is 0 Å². The molecule has 2 rings (SSSR count). The first-order valence-corrected chi connectivity index (χ1v) is 6.53. The Labute approximate surface area is 107 Å². The fraction of sp³-hybridized carbons (Fsp3) is 0.769. The fourth-order valence-electron chi connectivity index (χ4n) is 2.76. The summed E-state index contributed by atoms with van der Waals surface area (Å²) in [6.07, 6.45) is 5.74. The second-order valence-corrected chi connectivity index (χ2v) is 5.25. The number of likely N-dealkylation sites (N-methyl/N-ethyl adjacent to an activating group) is 1. The Morgan fingerprint density at radius 3 is 2.67 bits per heavy atom. The van der Waals surface area contributed by atoms with E-state index in [-0.39, 0.29) is 18.9 Å². The summed E-state index contributed by atoms with van der Waals surface area (Å²) in [6, 6.07) is 0.238. The SMILES string of the molecule is CNC(Cc1nccn1C)C1CCC(F)(F)CC1. The van der Waals surface area contributed by atoms with Crippen LogP contribution < -0.4 is 5.32 Å². The molecule has 1 heterocycles. The van der Waals surface area contributed by atoms with Crippen molar-refractivity contribution < 1.29 is 8.78 Å². The van der Waals surface area contributed by atoms with Gasteiger partial charge in [-0.25, -0.2) is 13.8 Å². The zero-order chi connectivity index (χ0) is 13.2. The highest BCUT2D eigenvalue weighted by Gasteiger charge is 2.37. The molecule has 1 aromatic rings. The van der Waals surface area contributed by atoms with Crippen LogP contribution in [0.15, 0.2) is 12.4 Å². The summed E-state index contributed by atoms with van der Waals surface area (Å²) in [4.78, 5) is 4.30. The smallest absolute Gasteiger partial charge is 0.248 e. The lowest BCUT2D eigenvalue weighted by atomic mass is 9.81. The van der Waals surface area contributed by atoms with E-state index in [9.17, 15) is 8.78 Å². The minimum Gasteiger partial charge on any atom is -0.338 e. The van der Waals surface area contributed by atoms with Crippen molar-refractivity contribution in [1.29, 1.82) is 0 Å². The van der Waals surface area contributed by atoms with E-state index in [0.29, 0.717) is 18.8 Å². The lowest BCUT2D eigenvalue weighted by Crippen LogP contribution is -2.40. The molecule has 0 spiro atoms. The van der Waals surface area contributed by atoms with Gasteiger partial charge in [-0.05, 0) is 25.8 Å². The molecule has 0 saturated heterocycles. The first-order valence-electron chi connectivity index (χ1n) is 6.53. The highest BCUT2D eigenvalue weighted by Crippen LogP contribution is 2.37. The summed E-state index contributed by atoms with van der Waals surface area (Å²) in [7, 11) is 3.87. The monoisotopic (exact) mass is 257 g/mol. The number of alkyl halides is 2. The lowest BCUT2D eigenvalue weighted by Gasteiger charge is -2.33. The number of nitrogens with one attached hydrogen (secondary N) is 1. The molecule has 3 nitrogen and oxygen atoms in total. The second-order valence-electron chi connectivity index (χ2n) is 5.25. The van der Waals surface area contributed by atoms with Crippen LogP contribution in [0.1, 0.15) is 31.5 Å². The molecule has 0 aliphatic heterocycles. The number of rotatable bonds is 4. The van der Waals surface area contributed by atoms with Gasteiger partial charge in [0.1, 0.15) is 5.82 Å². The van der Waals surface area contributed by atoms with Crippen molar-refractivity contribution in [3.8, 4) is 0 Å². The van der Waals surface area contributed by atoms with Crippen LogP contribution in [0.3, 0.4) is 0 Å². The summed E-state index contributed by atoms with van der Waals surface area (Å²) in [6.45, 7) is 0. The molecule has 1 aromatic heterocycles. The molecular weight excluding hydrogens is 236 g/mol. The summed E-state index contributed by atoms with van der Waals surface area (Å²) in [5, 5.41) is 3.27. The summed E-state index contributed by atoms with van der Waals surface area (Å²) in [5.74, 6) is -1.11. The number of nitrogens with zero attached hydrogens (tertiary/aromatic N) is 2. The van der Waals surface area contributed by atoms with Crippen LogP contribution in [0.4, 0.5) is 8.78 Å². The van der Waals surface area contributed by atoms with Gasteiger partial charge in [-0.1, -0.05) is 0 Å². The number of aryl methyl sites for hydroxylation is 1. The van der Waals surface area contributed by atoms with E-state index < -0.39 is 5.92 Å². The number of hydrogen-bond donors (Lipinski definition) is 1. The van der Waals surface area contributed by atoms with Crippen molar-refractivity contribution in [2.45, 2.75) is 44.1 Å². The molecule has 0 aromatic carbocycles. The predicted octanol–water partition coefficient (Wildman–Crippen LogP) is 2.38. The Bertz CT molecular complexity index is 379. The Morgan fingerprint density at radius 1 is 1.50 bits per heavy atom. The molecule has 1 aliphatic rings. The highest BCUT2D eigenvalue weighted by molar-refractivity contribution is 4.97. The minimum atomic E-state index is -2.45. The molecule has 0 radical (unpaired) electrons. The predicted molar refractivity (Wildman–Crippen MR) is 66.7 cm³/mol. The van der Waals surface area contributed by atoms with E-state index in [0.717, 1.165) is 12.2 Å². The Morgan fingerprint density at radius 2 is 2.17 bits per heavy atom. The topological polar surface area (TPSA) is 29.9 Å². The largest absolute Gasteiger partial charge is 0.338 e. The third-order valence-corrected chi connectivity index (χ3v) is 4.03. The van der Waals surface area contributed by atoms with Crippen LogP contribution in [0.5, 0.6) is 0 Å². The maximum atomic E-state index is 13.1. The molecule has 5 heteroatoms. The van der Waals surface area contributed by atoms with Gasteiger partial charge >= 0.3 is 0 Å². The highest BCUT2D eigenvalue weighted by atomic mass is 19.3. The van der Waals surface area contributed by atoms with Gasteiger partial charge in [0.15, 0.2) is 0 Å². The van der Waals surface area contributed by atoms with E-state index in [1.807, 2.05) is 24.9 Å². The first kappa shape index (κ1) is 13.5. The third-order valence-electron chi connectivity index (χ3n) is 4.03. The molecule has 1 aliphatic carbocycles. The summed E-state index contributed by atoms with van der Waals surface area (Å²) >= 11 is 0. The standard InChI is InChI=1S/C13H21F2N3/c1-16-11(9-12-17-7-8-18(12)2)10-3-5-13(14,15)6-4-10/h7-8,10-11,16H,3-6,9H2,1-2H3. The van der Waals surface area contributed by atoms with Crippen molar-refractivity contribution in [3.05, 3.63) is 18.2 Å². The molecular formula is C13H21F2N3. The quantitative estimate of drug-likeness (QED) is 0.897. The zero-order valence-electron chi connectivity index (χ0n) is 11.0. The van der Waals surface area contributed by atoms with Gasteiger partial charge in [-0.15, -0.1) is 0 Å². The molecule has 102 valence electrons. The van der Waals surface area contributed by atoms with Crippen molar-refractivity contribution in [3.63, 3.8) is 0 Å². The van der Waals surface area contributed by atoms with Gasteiger partial charge in [0.2, 0.25) is 5.92 Å². The van der Waals surface area contributed by atoms with E-state index in [1.165, 1.54) is 0 Å². The molecule has 1 saturated carbocycles. The van der Waals surface area contributed by atoms with Gasteiger partial charge in [0.05, 0.1) is 0 Å². The average molecular weight is 257 g/mol. The Kier molecular flexibility index (Phi) is 4.00. The van der Waals surface area contributed by atoms with E-state index in [2.05, 4.69) is 10.3 Å². The molecule has 0 bridgehead atoms. The van der Waals surface area contributed by atoms with Crippen LogP contribution in [0.25, 0.3) is 0 Å². The molecule has 1 atom stereocenters. The van der Waals surface area contributed by atoms with Crippen molar-refractivity contribution in [1.82, 2.24) is 14.9 Å². The number of hydrogen-bond acceptors (Lipinski definition) is 2. The van der Waals surface area contributed by atoms with Crippen LogP contribution in [0.2, 0.25) is 0 Å². The van der Waals surface area contributed by atoms with Crippen molar-refractivity contribution in [2.24, 2.45) is 13.0 Å². The van der Waals surface area contributed by atoms with Crippen LogP contribution in [0, 0.1) is 5.92 Å². The lowest BCUT2D eigenvalue weighted by molar-refractivity contribution is -0.0493. The van der Waals surface area contributed by atoms with Crippen molar-refractivity contribution in [2.75, 3.05) is 7.05 Å². The second kappa shape index (κ2) is 5.34. The molecule has 1 N–H and O–H groups in total. The van der Waals surface area contributed by atoms with Crippen LogP contribution in [-0.4, -0.2) is 28.6 Å². The number of aromatic nitrogens is 2. The zero-order valence-corrected chi connectivity index (χ0v) is 11.0. The van der Waals surface area contributed by atoms with Gasteiger partial charge < -0.3 is 9.88 Å². The molecule has 1 fully saturated rings. The van der Waals surface area contributed by atoms with Gasteiger partial charge in [0.25, 0.3) is 0 Å². The molecule has 0 amide bonds. The van der Waals surface area contributed by atoms with E-state index in [4.69, 9.17) is 0 Å². The Balaban J connectivity index is 1.96. The minimum absolute atomic E-state index is 0.0242. The van der Waals surface area contributed by atoms with E-state index in [1.54, 1.807) is 6.20 Å². The van der Waals surface area contributed by atoms with E-state index >= 15 is 0 Å². The van der Waals surface area contributed by atoms with Gasteiger partial charge in [-0.3, -0.25) is 0 Å². The summed E-state index contributed by atoms with van der Waals surface area (Å²) < 4.78 is 28.3. The normalized spacial score (nSPS) is 22.0. The average Bonchev–Trinajstić information content (AvgIpc) is 2.72. The van der Waals surface area contributed by atoms with Gasteiger partial charge in [-0.2, -0.15) is 0 Å². The maximum Gasteiger partial charge on any atom is 0.248 e. The van der Waals surface area contributed by atoms with Gasteiger partial charge in [0, 0.05) is 44.7 Å². The summed E-state index contributed by atoms with van der Waals surface area (Å²) in [5.41, 5.74) is 0. The Hall–Kier alpha value is -0.970. The van der Waals surface area contributed by atoms with Crippen molar-refractivity contribution >= 4 is 0 Å². The number of imidazole rings is 1. The number of halogens is 2.